The summed E-state index contributed by atoms with van der Waals surface area (Å²) in [5, 5.41) is 6.39. The molecule has 7 heteroatoms. The molecule has 2 aromatic rings. The molecule has 2 aromatic carbocycles. The molecule has 0 saturated carbocycles. The third-order valence-electron chi connectivity index (χ3n) is 3.82. The first-order chi connectivity index (χ1) is 13.1. The molecule has 0 aliphatic rings. The van der Waals surface area contributed by atoms with Crippen molar-refractivity contribution in [1.29, 1.82) is 0 Å². The van der Waals surface area contributed by atoms with Gasteiger partial charge in [-0.3, -0.25) is 0 Å². The fraction of sp³-hybridized carbons (Fsp3) is 0.300. The molecule has 144 valence electrons. The maximum absolute atomic E-state index is 12.3. The number of nitrogens with one attached hydrogen (secondary N) is 2. The molecule has 27 heavy (non-hydrogen) atoms. The van der Waals surface area contributed by atoms with Gasteiger partial charge in [-0.2, -0.15) is 0 Å². The highest BCUT2D eigenvalue weighted by Crippen LogP contribution is 2.28. The molecule has 0 radical (unpaired) electrons. The van der Waals surface area contributed by atoms with Gasteiger partial charge in [0, 0.05) is 12.5 Å². The molecule has 0 aliphatic carbocycles. The number of esters is 1. The van der Waals surface area contributed by atoms with Crippen LogP contribution in [0.1, 0.15) is 12.5 Å². The van der Waals surface area contributed by atoms with E-state index in [0.29, 0.717) is 35.3 Å². The number of carbonyl (C=O) groups is 1. The molecule has 0 aliphatic heterocycles. The highest BCUT2D eigenvalue weighted by atomic mass is 32.1. The van der Waals surface area contributed by atoms with E-state index in [1.165, 1.54) is 0 Å². The van der Waals surface area contributed by atoms with Crippen molar-refractivity contribution in [2.45, 2.75) is 19.4 Å². The van der Waals surface area contributed by atoms with E-state index in [0.717, 1.165) is 5.56 Å². The Bertz CT molecular complexity index is 768. The van der Waals surface area contributed by atoms with Crippen molar-refractivity contribution in [2.75, 3.05) is 26.1 Å². The summed E-state index contributed by atoms with van der Waals surface area (Å²) in [7, 11) is 3.15. The van der Waals surface area contributed by atoms with Gasteiger partial charge < -0.3 is 24.8 Å². The van der Waals surface area contributed by atoms with E-state index < -0.39 is 6.04 Å². The van der Waals surface area contributed by atoms with Crippen molar-refractivity contribution in [2.24, 2.45) is 0 Å². The highest BCUT2D eigenvalue weighted by Gasteiger charge is 2.21. The summed E-state index contributed by atoms with van der Waals surface area (Å²) in [6.07, 6.45) is 0.460. The van der Waals surface area contributed by atoms with Crippen LogP contribution in [0.15, 0.2) is 48.5 Å². The van der Waals surface area contributed by atoms with Crippen LogP contribution in [0, 0.1) is 0 Å². The summed E-state index contributed by atoms with van der Waals surface area (Å²) < 4.78 is 15.7. The normalized spacial score (nSPS) is 11.2. The maximum atomic E-state index is 12.3. The number of benzene rings is 2. The molecule has 0 fully saturated rings. The van der Waals surface area contributed by atoms with Crippen LogP contribution < -0.4 is 20.1 Å². The second kappa shape index (κ2) is 10.4. The van der Waals surface area contributed by atoms with Gasteiger partial charge in [0.2, 0.25) is 0 Å². The largest absolute Gasteiger partial charge is 0.497 e. The number of ether oxygens (including phenoxy) is 3. The monoisotopic (exact) mass is 388 g/mol. The van der Waals surface area contributed by atoms with Gasteiger partial charge in [-0.1, -0.05) is 30.3 Å². The first-order valence-corrected chi connectivity index (χ1v) is 8.98. The fourth-order valence-corrected chi connectivity index (χ4v) is 2.76. The van der Waals surface area contributed by atoms with Crippen LogP contribution in [0.5, 0.6) is 11.5 Å². The predicted molar refractivity (Wildman–Crippen MR) is 109 cm³/mol. The summed E-state index contributed by atoms with van der Waals surface area (Å²) in [6, 6.07) is 14.4. The van der Waals surface area contributed by atoms with E-state index in [-0.39, 0.29) is 5.97 Å². The van der Waals surface area contributed by atoms with Crippen molar-refractivity contribution in [1.82, 2.24) is 5.32 Å². The molecule has 2 rings (SSSR count). The van der Waals surface area contributed by atoms with Crippen LogP contribution in [0.25, 0.3) is 0 Å². The third kappa shape index (κ3) is 6.14. The Morgan fingerprint density at radius 3 is 2.48 bits per heavy atom. The smallest absolute Gasteiger partial charge is 0.328 e. The Balaban J connectivity index is 2.10. The lowest BCUT2D eigenvalue weighted by Crippen LogP contribution is -2.45. The van der Waals surface area contributed by atoms with E-state index in [9.17, 15) is 4.79 Å². The molecule has 0 bridgehead atoms. The highest BCUT2D eigenvalue weighted by molar-refractivity contribution is 7.80. The molecule has 0 heterocycles. The lowest BCUT2D eigenvalue weighted by molar-refractivity contribution is -0.145. The Kier molecular flexibility index (Phi) is 7.88. The van der Waals surface area contributed by atoms with Gasteiger partial charge >= 0.3 is 5.97 Å². The molecular weight excluding hydrogens is 364 g/mol. The maximum Gasteiger partial charge on any atom is 0.328 e. The first kappa shape index (κ1) is 20.5. The number of rotatable bonds is 8. The summed E-state index contributed by atoms with van der Waals surface area (Å²) in [5.41, 5.74) is 1.67. The topological polar surface area (TPSA) is 68.8 Å². The number of hydrogen-bond donors (Lipinski definition) is 2. The molecule has 1 atom stereocenters. The van der Waals surface area contributed by atoms with Gasteiger partial charge in [-0.15, -0.1) is 0 Å². The van der Waals surface area contributed by atoms with Gasteiger partial charge in [-0.05, 0) is 36.8 Å². The number of anilines is 1. The minimum atomic E-state index is -0.600. The molecule has 0 amide bonds. The summed E-state index contributed by atoms with van der Waals surface area (Å²) in [6.45, 7) is 2.08. The predicted octanol–water partition coefficient (Wildman–Crippen LogP) is 3.16. The van der Waals surface area contributed by atoms with E-state index >= 15 is 0 Å². The van der Waals surface area contributed by atoms with E-state index in [1.54, 1.807) is 39.3 Å². The summed E-state index contributed by atoms with van der Waals surface area (Å²) in [4.78, 5) is 12.3. The average molecular weight is 388 g/mol. The zero-order chi connectivity index (χ0) is 19.6. The minimum absolute atomic E-state index is 0.299. The molecule has 0 saturated heterocycles. The Morgan fingerprint density at radius 1 is 1.11 bits per heavy atom. The van der Waals surface area contributed by atoms with Gasteiger partial charge in [0.15, 0.2) is 5.11 Å². The molecule has 0 aromatic heterocycles. The van der Waals surface area contributed by atoms with Crippen molar-refractivity contribution in [3.05, 3.63) is 54.1 Å². The lowest BCUT2D eigenvalue weighted by atomic mass is 10.1. The molecule has 1 unspecified atom stereocenters. The van der Waals surface area contributed by atoms with Crippen LogP contribution in [0.2, 0.25) is 0 Å². The number of hydrogen-bond acceptors (Lipinski definition) is 5. The zero-order valence-electron chi connectivity index (χ0n) is 15.7. The Hall–Kier alpha value is -2.80. The first-order valence-electron chi connectivity index (χ1n) is 8.57. The van der Waals surface area contributed by atoms with Crippen LogP contribution in [-0.4, -0.2) is 38.0 Å². The van der Waals surface area contributed by atoms with E-state index in [2.05, 4.69) is 10.6 Å². The van der Waals surface area contributed by atoms with Gasteiger partial charge in [-0.25, -0.2) is 4.79 Å². The van der Waals surface area contributed by atoms with Crippen LogP contribution in [0.4, 0.5) is 5.69 Å². The van der Waals surface area contributed by atoms with Crippen molar-refractivity contribution >= 4 is 29.0 Å². The standard InChI is InChI=1S/C20H24N2O4S/c1-4-26-19(23)17(12-14-8-6-5-7-9-14)22-20(27)21-16-11-10-15(24-2)13-18(16)25-3/h5-11,13,17H,4,12H2,1-3H3,(H2,21,22,27). The molecule has 2 N–H and O–H groups in total. The lowest BCUT2D eigenvalue weighted by Gasteiger charge is -2.20. The average Bonchev–Trinajstić information content (AvgIpc) is 2.68. The van der Waals surface area contributed by atoms with Gasteiger partial charge in [0.25, 0.3) is 0 Å². The van der Waals surface area contributed by atoms with Crippen LogP contribution in [0.3, 0.4) is 0 Å². The third-order valence-corrected chi connectivity index (χ3v) is 4.04. The van der Waals surface area contributed by atoms with E-state index in [4.69, 9.17) is 26.4 Å². The fourth-order valence-electron chi connectivity index (χ4n) is 2.50. The Labute approximate surface area is 164 Å². The second-order valence-electron chi connectivity index (χ2n) is 5.66. The number of methoxy groups -OCH3 is 2. The molecule has 0 spiro atoms. The quantitative estimate of drug-likeness (QED) is 0.532. The summed E-state index contributed by atoms with van der Waals surface area (Å²) >= 11 is 5.38. The van der Waals surface area contributed by atoms with Crippen LogP contribution >= 0.6 is 12.2 Å². The minimum Gasteiger partial charge on any atom is -0.497 e. The zero-order valence-corrected chi connectivity index (χ0v) is 16.5. The summed E-state index contributed by atoms with van der Waals surface area (Å²) in [5.74, 6) is 0.895. The molecular formula is C20H24N2O4S. The van der Waals surface area contributed by atoms with Crippen molar-refractivity contribution in [3.63, 3.8) is 0 Å². The van der Waals surface area contributed by atoms with Crippen molar-refractivity contribution < 1.29 is 19.0 Å². The number of carbonyl (C=O) groups excluding carboxylic acids is 1. The molecule has 6 nitrogen and oxygen atoms in total. The Morgan fingerprint density at radius 2 is 1.85 bits per heavy atom. The van der Waals surface area contributed by atoms with Gasteiger partial charge in [0.05, 0.1) is 26.5 Å². The van der Waals surface area contributed by atoms with Crippen molar-refractivity contribution in [3.8, 4) is 11.5 Å². The number of thiocarbonyl (C=S) groups is 1. The second-order valence-corrected chi connectivity index (χ2v) is 6.07. The van der Waals surface area contributed by atoms with E-state index in [1.807, 2.05) is 30.3 Å². The van der Waals surface area contributed by atoms with Crippen LogP contribution in [-0.2, 0) is 16.0 Å². The SMILES string of the molecule is CCOC(=O)C(Cc1ccccc1)NC(=S)Nc1ccc(OC)cc1OC. The van der Waals surface area contributed by atoms with Gasteiger partial charge in [0.1, 0.15) is 17.5 Å².